The zero-order chi connectivity index (χ0) is 21.2. The van der Waals surface area contributed by atoms with E-state index in [1.807, 2.05) is 6.92 Å². The molecule has 1 unspecified atom stereocenters. The van der Waals surface area contributed by atoms with Crippen molar-refractivity contribution in [3.63, 3.8) is 0 Å². The second-order valence-electron chi connectivity index (χ2n) is 6.97. The molecule has 1 fully saturated rings. The van der Waals surface area contributed by atoms with Gasteiger partial charge in [-0.15, -0.1) is 0 Å². The summed E-state index contributed by atoms with van der Waals surface area (Å²) < 4.78 is 69.6. The van der Waals surface area contributed by atoms with Crippen LogP contribution in [0.1, 0.15) is 26.2 Å². The standard InChI is InChI=1S/C19H21BrF3N3O2S/c1-12-4-2-3-10-26(12)19-16(22)17(15(21)18(23)25-19)29(27,28)11-9-24-14-7-5-13(20)6-8-14/h5-8,12,24H,2-4,9-11H2,1H3. The fourth-order valence-electron chi connectivity index (χ4n) is 3.36. The van der Waals surface area contributed by atoms with Gasteiger partial charge < -0.3 is 10.2 Å². The van der Waals surface area contributed by atoms with Crippen LogP contribution < -0.4 is 10.2 Å². The lowest BCUT2D eigenvalue weighted by atomic mass is 10.0. The number of halogens is 4. The van der Waals surface area contributed by atoms with E-state index in [0.29, 0.717) is 12.2 Å². The lowest BCUT2D eigenvalue weighted by Gasteiger charge is -2.34. The van der Waals surface area contributed by atoms with E-state index in [-0.39, 0.29) is 12.6 Å². The van der Waals surface area contributed by atoms with Crippen LogP contribution >= 0.6 is 15.9 Å². The predicted molar refractivity (Wildman–Crippen MR) is 109 cm³/mol. The number of anilines is 2. The van der Waals surface area contributed by atoms with Gasteiger partial charge in [0.2, 0.25) is 0 Å². The van der Waals surface area contributed by atoms with Crippen LogP contribution in [-0.4, -0.2) is 38.3 Å². The van der Waals surface area contributed by atoms with Crippen LogP contribution in [0.25, 0.3) is 0 Å². The Morgan fingerprint density at radius 3 is 2.52 bits per heavy atom. The van der Waals surface area contributed by atoms with Crippen molar-refractivity contribution in [2.75, 3.05) is 29.1 Å². The van der Waals surface area contributed by atoms with Gasteiger partial charge in [0.25, 0.3) is 5.95 Å². The van der Waals surface area contributed by atoms with E-state index in [4.69, 9.17) is 0 Å². The largest absolute Gasteiger partial charge is 0.384 e. The average molecular weight is 492 g/mol. The van der Waals surface area contributed by atoms with Gasteiger partial charge in [-0.25, -0.2) is 17.2 Å². The lowest BCUT2D eigenvalue weighted by Crippen LogP contribution is -2.39. The number of nitrogens with one attached hydrogen (secondary N) is 1. The van der Waals surface area contributed by atoms with Gasteiger partial charge in [0.15, 0.2) is 27.3 Å². The monoisotopic (exact) mass is 491 g/mol. The van der Waals surface area contributed by atoms with Gasteiger partial charge >= 0.3 is 0 Å². The van der Waals surface area contributed by atoms with E-state index in [2.05, 4.69) is 26.2 Å². The van der Waals surface area contributed by atoms with E-state index >= 15 is 4.39 Å². The molecule has 29 heavy (non-hydrogen) atoms. The third-order valence-electron chi connectivity index (χ3n) is 4.91. The van der Waals surface area contributed by atoms with Crippen molar-refractivity contribution in [1.29, 1.82) is 0 Å². The number of hydrogen-bond donors (Lipinski definition) is 1. The number of nitrogens with zero attached hydrogens (tertiary/aromatic N) is 2. The first-order chi connectivity index (χ1) is 13.7. The number of pyridine rings is 1. The molecule has 3 rings (SSSR count). The Morgan fingerprint density at radius 2 is 1.86 bits per heavy atom. The van der Waals surface area contributed by atoms with Gasteiger partial charge in [-0.05, 0) is 50.5 Å². The molecule has 1 aliphatic heterocycles. The van der Waals surface area contributed by atoms with Crippen LogP contribution in [0.4, 0.5) is 24.7 Å². The SMILES string of the molecule is CC1CCCCN1c1nc(F)c(F)c(S(=O)(=O)CCNc2ccc(Br)cc2)c1F. The maximum atomic E-state index is 15.0. The van der Waals surface area contributed by atoms with Crippen molar-refractivity contribution in [1.82, 2.24) is 4.98 Å². The Morgan fingerprint density at radius 1 is 1.17 bits per heavy atom. The molecule has 1 atom stereocenters. The van der Waals surface area contributed by atoms with Gasteiger partial charge in [0.1, 0.15) is 4.90 Å². The highest BCUT2D eigenvalue weighted by Gasteiger charge is 2.33. The van der Waals surface area contributed by atoms with Gasteiger partial charge in [-0.3, -0.25) is 0 Å². The quantitative estimate of drug-likeness (QED) is 0.601. The molecule has 0 saturated carbocycles. The van der Waals surface area contributed by atoms with E-state index in [0.717, 1.165) is 23.7 Å². The smallest absolute Gasteiger partial charge is 0.252 e. The molecule has 1 N–H and O–H groups in total. The van der Waals surface area contributed by atoms with Gasteiger partial charge in [0.05, 0.1) is 5.75 Å². The molecular formula is C19H21BrF3N3O2S. The van der Waals surface area contributed by atoms with Crippen molar-refractivity contribution in [3.8, 4) is 0 Å². The zero-order valence-corrected chi connectivity index (χ0v) is 18.2. The van der Waals surface area contributed by atoms with E-state index < -0.39 is 43.9 Å². The Hall–Kier alpha value is -1.81. The van der Waals surface area contributed by atoms with E-state index in [1.165, 1.54) is 4.90 Å². The molecule has 2 aromatic rings. The third kappa shape index (κ3) is 4.85. The topological polar surface area (TPSA) is 62.3 Å². The van der Waals surface area contributed by atoms with Crippen LogP contribution in [0.15, 0.2) is 33.6 Å². The first-order valence-corrected chi connectivity index (χ1v) is 11.7. The molecule has 2 heterocycles. The third-order valence-corrected chi connectivity index (χ3v) is 7.16. The minimum atomic E-state index is -4.43. The second-order valence-corrected chi connectivity index (χ2v) is 9.94. The van der Waals surface area contributed by atoms with Gasteiger partial charge in [-0.1, -0.05) is 15.9 Å². The normalized spacial score (nSPS) is 17.4. The molecule has 1 aromatic heterocycles. The second kappa shape index (κ2) is 8.91. The van der Waals surface area contributed by atoms with Crippen LogP contribution in [-0.2, 0) is 9.84 Å². The van der Waals surface area contributed by atoms with Crippen molar-refractivity contribution >= 4 is 37.3 Å². The maximum absolute atomic E-state index is 15.0. The molecule has 1 saturated heterocycles. The number of rotatable bonds is 6. The zero-order valence-electron chi connectivity index (χ0n) is 15.8. The fraction of sp³-hybridized carbons (Fsp3) is 0.421. The summed E-state index contributed by atoms with van der Waals surface area (Å²) in [6.07, 6.45) is 2.40. The highest BCUT2D eigenvalue weighted by molar-refractivity contribution is 9.10. The molecular weight excluding hydrogens is 471 g/mol. The van der Waals surface area contributed by atoms with Crippen LogP contribution in [0.2, 0.25) is 0 Å². The molecule has 10 heteroatoms. The summed E-state index contributed by atoms with van der Waals surface area (Å²) >= 11 is 3.29. The molecule has 1 aliphatic rings. The Kier molecular flexibility index (Phi) is 6.72. The van der Waals surface area contributed by atoms with E-state index in [9.17, 15) is 17.2 Å². The summed E-state index contributed by atoms with van der Waals surface area (Å²) in [7, 11) is -4.43. The van der Waals surface area contributed by atoms with Gasteiger partial charge in [0, 0.05) is 29.3 Å². The molecule has 0 amide bonds. The summed E-state index contributed by atoms with van der Waals surface area (Å²) in [6.45, 7) is 2.13. The average Bonchev–Trinajstić information content (AvgIpc) is 2.67. The summed E-state index contributed by atoms with van der Waals surface area (Å²) in [5.74, 6) is -5.77. The molecule has 0 bridgehead atoms. The van der Waals surface area contributed by atoms with Crippen molar-refractivity contribution in [2.24, 2.45) is 0 Å². The first-order valence-electron chi connectivity index (χ1n) is 9.24. The Balaban J connectivity index is 1.86. The molecule has 0 spiro atoms. The number of aromatic nitrogens is 1. The minimum Gasteiger partial charge on any atom is -0.384 e. The number of hydrogen-bond acceptors (Lipinski definition) is 5. The number of piperidine rings is 1. The van der Waals surface area contributed by atoms with Crippen LogP contribution in [0, 0.1) is 17.6 Å². The molecule has 158 valence electrons. The molecule has 5 nitrogen and oxygen atoms in total. The lowest BCUT2D eigenvalue weighted by molar-refractivity contribution is 0.417. The highest BCUT2D eigenvalue weighted by Crippen LogP contribution is 2.31. The van der Waals surface area contributed by atoms with E-state index in [1.54, 1.807) is 24.3 Å². The fourth-order valence-corrected chi connectivity index (χ4v) is 4.92. The summed E-state index contributed by atoms with van der Waals surface area (Å²) in [5, 5.41) is 2.87. The van der Waals surface area contributed by atoms with Crippen molar-refractivity contribution < 1.29 is 21.6 Å². The maximum Gasteiger partial charge on any atom is 0.252 e. The van der Waals surface area contributed by atoms with Crippen molar-refractivity contribution in [2.45, 2.75) is 37.1 Å². The Bertz CT molecular complexity index is 987. The predicted octanol–water partition coefficient (Wildman–Crippen LogP) is 4.53. The summed E-state index contributed by atoms with van der Waals surface area (Å²) in [4.78, 5) is 3.63. The highest BCUT2D eigenvalue weighted by atomic mass is 79.9. The summed E-state index contributed by atoms with van der Waals surface area (Å²) in [6, 6.07) is 6.82. The number of sulfone groups is 1. The summed E-state index contributed by atoms with van der Waals surface area (Å²) in [5.41, 5.74) is 0.646. The van der Waals surface area contributed by atoms with Crippen LogP contribution in [0.3, 0.4) is 0 Å². The van der Waals surface area contributed by atoms with Crippen LogP contribution in [0.5, 0.6) is 0 Å². The molecule has 0 aliphatic carbocycles. The molecule has 1 aromatic carbocycles. The van der Waals surface area contributed by atoms with Crippen molar-refractivity contribution in [3.05, 3.63) is 46.3 Å². The first kappa shape index (κ1) is 21.9. The minimum absolute atomic E-state index is 0.0950. The molecule has 0 radical (unpaired) electrons. The van der Waals surface area contributed by atoms with Gasteiger partial charge in [-0.2, -0.15) is 9.37 Å². The Labute approximate surface area is 176 Å². The number of benzene rings is 1.